The van der Waals surface area contributed by atoms with E-state index in [2.05, 4.69) is 5.32 Å². The van der Waals surface area contributed by atoms with Gasteiger partial charge in [0.2, 0.25) is 0 Å². The van der Waals surface area contributed by atoms with Crippen LogP contribution in [0, 0.1) is 0 Å². The second kappa shape index (κ2) is 5.10. The van der Waals surface area contributed by atoms with Gasteiger partial charge in [0.15, 0.2) is 0 Å². The summed E-state index contributed by atoms with van der Waals surface area (Å²) in [5.74, 6) is -0.195. The topological polar surface area (TPSA) is 29.1 Å². The van der Waals surface area contributed by atoms with E-state index in [9.17, 15) is 4.79 Å². The van der Waals surface area contributed by atoms with Crippen molar-refractivity contribution in [2.24, 2.45) is 0 Å². The number of nitrogens with one attached hydrogen (secondary N) is 1. The first-order valence-electron chi connectivity index (χ1n) is 3.31. The molecule has 0 atom stereocenters. The molecule has 0 spiro atoms. The lowest BCUT2D eigenvalue weighted by Crippen LogP contribution is -2.17. The van der Waals surface area contributed by atoms with Crippen LogP contribution in [0.4, 0.5) is 0 Å². The molecule has 0 radical (unpaired) electrons. The van der Waals surface area contributed by atoms with Crippen LogP contribution in [0.25, 0.3) is 0 Å². The van der Waals surface area contributed by atoms with Crippen LogP contribution >= 0.6 is 23.2 Å². The highest BCUT2D eigenvalue weighted by Gasteiger charge is 2.04. The van der Waals surface area contributed by atoms with Gasteiger partial charge in [-0.3, -0.25) is 4.79 Å². The van der Waals surface area contributed by atoms with Crippen molar-refractivity contribution in [2.45, 2.75) is 7.43 Å². The standard InChI is InChI=1S/C8H7Cl2NO.CH4/c1-11-8(12)5-2-6(9)4-7(10)3-5;/h2-4H,1H3,(H,11,12);1H4. The number of rotatable bonds is 1. The van der Waals surface area contributed by atoms with E-state index in [1.54, 1.807) is 25.2 Å². The number of benzene rings is 1. The Morgan fingerprint density at radius 3 is 2.08 bits per heavy atom. The number of amides is 1. The fourth-order valence-corrected chi connectivity index (χ4v) is 1.36. The van der Waals surface area contributed by atoms with Gasteiger partial charge in [0, 0.05) is 22.7 Å². The summed E-state index contributed by atoms with van der Waals surface area (Å²) < 4.78 is 0. The first-order chi connectivity index (χ1) is 5.63. The average molecular weight is 220 g/mol. The number of hydrogen-bond donors (Lipinski definition) is 1. The number of carbonyl (C=O) groups excluding carboxylic acids is 1. The second-order valence-corrected chi connectivity index (χ2v) is 3.11. The number of hydrogen-bond acceptors (Lipinski definition) is 1. The van der Waals surface area contributed by atoms with E-state index in [4.69, 9.17) is 23.2 Å². The SMILES string of the molecule is C.CNC(=O)c1cc(Cl)cc(Cl)c1. The van der Waals surface area contributed by atoms with Gasteiger partial charge in [-0.2, -0.15) is 0 Å². The Bertz CT molecular complexity index is 292. The fraction of sp³-hybridized carbons (Fsp3) is 0.222. The van der Waals surface area contributed by atoms with Crippen LogP contribution in [0.2, 0.25) is 10.0 Å². The van der Waals surface area contributed by atoms with Crippen molar-refractivity contribution >= 4 is 29.1 Å². The van der Waals surface area contributed by atoms with Gasteiger partial charge in [-0.25, -0.2) is 0 Å². The maximum absolute atomic E-state index is 11.1. The van der Waals surface area contributed by atoms with Crippen LogP contribution in [-0.4, -0.2) is 13.0 Å². The van der Waals surface area contributed by atoms with E-state index >= 15 is 0 Å². The van der Waals surface area contributed by atoms with Gasteiger partial charge in [-0.05, 0) is 18.2 Å². The molecule has 72 valence electrons. The maximum atomic E-state index is 11.1. The Morgan fingerprint density at radius 1 is 1.23 bits per heavy atom. The first-order valence-corrected chi connectivity index (χ1v) is 4.07. The summed E-state index contributed by atoms with van der Waals surface area (Å²) in [5, 5.41) is 3.40. The summed E-state index contributed by atoms with van der Waals surface area (Å²) in [6, 6.07) is 4.70. The minimum Gasteiger partial charge on any atom is -0.355 e. The van der Waals surface area contributed by atoms with Crippen molar-refractivity contribution in [1.29, 1.82) is 0 Å². The van der Waals surface area contributed by atoms with Gasteiger partial charge < -0.3 is 5.32 Å². The van der Waals surface area contributed by atoms with E-state index in [1.165, 1.54) is 0 Å². The maximum Gasteiger partial charge on any atom is 0.251 e. The molecule has 2 nitrogen and oxygen atoms in total. The third kappa shape index (κ3) is 3.25. The van der Waals surface area contributed by atoms with Gasteiger partial charge in [-0.1, -0.05) is 30.6 Å². The van der Waals surface area contributed by atoms with Crippen LogP contribution in [0.3, 0.4) is 0 Å². The summed E-state index contributed by atoms with van der Waals surface area (Å²) in [5.41, 5.74) is 0.468. The summed E-state index contributed by atoms with van der Waals surface area (Å²) in [7, 11) is 1.55. The van der Waals surface area contributed by atoms with Crippen molar-refractivity contribution in [2.75, 3.05) is 7.05 Å². The molecular weight excluding hydrogens is 209 g/mol. The quantitative estimate of drug-likeness (QED) is 0.774. The highest BCUT2D eigenvalue weighted by Crippen LogP contribution is 2.18. The van der Waals surface area contributed by atoms with Crippen molar-refractivity contribution in [3.05, 3.63) is 33.8 Å². The Kier molecular flexibility index (Phi) is 4.81. The predicted molar refractivity (Wildman–Crippen MR) is 56.6 cm³/mol. The molecule has 0 saturated carbocycles. The van der Waals surface area contributed by atoms with Crippen LogP contribution in [-0.2, 0) is 0 Å². The van der Waals surface area contributed by atoms with Gasteiger partial charge in [-0.15, -0.1) is 0 Å². The average Bonchev–Trinajstić information content (AvgIpc) is 2.01. The van der Waals surface area contributed by atoms with E-state index < -0.39 is 0 Å². The molecule has 1 N–H and O–H groups in total. The molecule has 1 aromatic carbocycles. The fourth-order valence-electron chi connectivity index (χ4n) is 0.829. The molecule has 0 aliphatic rings. The van der Waals surface area contributed by atoms with E-state index in [1.807, 2.05) is 0 Å². The molecule has 0 aliphatic heterocycles. The Hall–Kier alpha value is -0.730. The van der Waals surface area contributed by atoms with Crippen LogP contribution in [0.15, 0.2) is 18.2 Å². The molecule has 1 rings (SSSR count). The van der Waals surface area contributed by atoms with Gasteiger partial charge in [0.25, 0.3) is 5.91 Å². The number of carbonyl (C=O) groups is 1. The molecule has 0 heterocycles. The summed E-state index contributed by atoms with van der Waals surface area (Å²) in [4.78, 5) is 11.1. The first kappa shape index (κ1) is 12.3. The van der Waals surface area contributed by atoms with Crippen LogP contribution < -0.4 is 5.32 Å². The molecule has 0 saturated heterocycles. The Labute approximate surface area is 87.8 Å². The normalized spacial score (nSPS) is 8.85. The Morgan fingerprint density at radius 2 is 1.69 bits per heavy atom. The molecule has 1 amide bonds. The zero-order valence-electron chi connectivity index (χ0n) is 6.40. The zero-order valence-corrected chi connectivity index (χ0v) is 7.91. The molecule has 0 fully saturated rings. The molecule has 4 heteroatoms. The van der Waals surface area contributed by atoms with Crippen molar-refractivity contribution in [3.63, 3.8) is 0 Å². The lowest BCUT2D eigenvalue weighted by Gasteiger charge is -2.00. The van der Waals surface area contributed by atoms with Crippen molar-refractivity contribution in [1.82, 2.24) is 5.32 Å². The van der Waals surface area contributed by atoms with E-state index in [0.717, 1.165) is 0 Å². The molecule has 13 heavy (non-hydrogen) atoms. The molecule has 0 unspecified atom stereocenters. The van der Waals surface area contributed by atoms with Crippen LogP contribution in [0.5, 0.6) is 0 Å². The molecule has 0 aromatic heterocycles. The van der Waals surface area contributed by atoms with Crippen molar-refractivity contribution < 1.29 is 4.79 Å². The molecule has 1 aromatic rings. The highest BCUT2D eigenvalue weighted by atomic mass is 35.5. The van der Waals surface area contributed by atoms with Crippen molar-refractivity contribution in [3.8, 4) is 0 Å². The van der Waals surface area contributed by atoms with E-state index in [-0.39, 0.29) is 13.3 Å². The summed E-state index contributed by atoms with van der Waals surface area (Å²) in [6.07, 6.45) is 0. The van der Waals surface area contributed by atoms with E-state index in [0.29, 0.717) is 15.6 Å². The lowest BCUT2D eigenvalue weighted by molar-refractivity contribution is 0.0963. The van der Waals surface area contributed by atoms with Crippen LogP contribution in [0.1, 0.15) is 17.8 Å². The third-order valence-corrected chi connectivity index (χ3v) is 1.79. The predicted octanol–water partition coefficient (Wildman–Crippen LogP) is 2.99. The monoisotopic (exact) mass is 219 g/mol. The summed E-state index contributed by atoms with van der Waals surface area (Å²) in [6.45, 7) is 0. The second-order valence-electron chi connectivity index (χ2n) is 2.24. The molecule has 0 aliphatic carbocycles. The zero-order chi connectivity index (χ0) is 9.14. The van der Waals surface area contributed by atoms with Gasteiger partial charge >= 0.3 is 0 Å². The Balaban J connectivity index is 0.00000144. The summed E-state index contributed by atoms with van der Waals surface area (Å²) >= 11 is 11.4. The number of halogens is 2. The minimum absolute atomic E-state index is 0. The highest BCUT2D eigenvalue weighted by molar-refractivity contribution is 6.35. The minimum atomic E-state index is -0.195. The van der Waals surface area contributed by atoms with Gasteiger partial charge in [0.1, 0.15) is 0 Å². The largest absolute Gasteiger partial charge is 0.355 e. The third-order valence-electron chi connectivity index (χ3n) is 1.35. The molecule has 0 bridgehead atoms. The smallest absolute Gasteiger partial charge is 0.251 e. The lowest BCUT2D eigenvalue weighted by atomic mass is 10.2. The van der Waals surface area contributed by atoms with Gasteiger partial charge in [0.05, 0.1) is 0 Å². The molecular formula is C9H11Cl2NO.